The fourth-order valence-electron chi connectivity index (χ4n) is 2.54. The van der Waals surface area contributed by atoms with E-state index in [1.165, 1.54) is 18.4 Å². The number of aliphatic hydroxyl groups is 1. The minimum Gasteiger partial charge on any atom is -0.481 e. The zero-order valence-electron chi connectivity index (χ0n) is 13.1. The Bertz CT molecular complexity index is 606. The number of hydrogen-bond donors (Lipinski definition) is 1. The summed E-state index contributed by atoms with van der Waals surface area (Å²) in [5, 5.41) is 10.1. The van der Waals surface area contributed by atoms with Crippen LogP contribution >= 0.6 is 0 Å². The van der Waals surface area contributed by atoms with Crippen molar-refractivity contribution in [2.75, 3.05) is 40.0 Å². The first-order chi connectivity index (χ1) is 10.3. The van der Waals surface area contributed by atoms with Crippen molar-refractivity contribution in [1.82, 2.24) is 14.2 Å². The number of sulfonamides is 1. The summed E-state index contributed by atoms with van der Waals surface area (Å²) in [7, 11) is 1.27. The van der Waals surface area contributed by atoms with Gasteiger partial charge in [-0.25, -0.2) is 17.7 Å². The van der Waals surface area contributed by atoms with Crippen LogP contribution in [0.4, 0.5) is 0 Å². The van der Waals surface area contributed by atoms with Crippen molar-refractivity contribution in [3.8, 4) is 5.88 Å². The fourth-order valence-corrected chi connectivity index (χ4v) is 3.71. The molecule has 0 aliphatic carbocycles. The second-order valence-electron chi connectivity index (χ2n) is 5.75. The van der Waals surface area contributed by atoms with Gasteiger partial charge in [0.05, 0.1) is 24.7 Å². The van der Waals surface area contributed by atoms with Crippen LogP contribution in [0.2, 0.25) is 0 Å². The third-order valence-electron chi connectivity index (χ3n) is 3.84. The first-order valence-electron chi connectivity index (χ1n) is 7.12. The number of aliphatic hydroxyl groups excluding tert-OH is 1. The smallest absolute Gasteiger partial charge is 0.214 e. The standard InChI is InChI=1S/C14H23N3O4S/c1-16(2)22(19,20)10-11-7-17(9-13(11)18)8-12-5-4-6-14(15-12)21-3/h4-6,11,13,18H,7-10H2,1-3H3/t11-,13-/m0/s1. The molecule has 1 fully saturated rings. The number of aromatic nitrogens is 1. The van der Waals surface area contributed by atoms with Gasteiger partial charge in [-0.05, 0) is 6.07 Å². The monoisotopic (exact) mass is 329 g/mol. The zero-order valence-corrected chi connectivity index (χ0v) is 14.0. The van der Waals surface area contributed by atoms with Gasteiger partial charge in [0, 0.05) is 45.7 Å². The molecule has 22 heavy (non-hydrogen) atoms. The van der Waals surface area contributed by atoms with Gasteiger partial charge in [0.2, 0.25) is 15.9 Å². The Kier molecular flexibility index (Phi) is 5.38. The minimum atomic E-state index is -3.31. The number of rotatable bonds is 6. The van der Waals surface area contributed by atoms with Crippen LogP contribution in [0.15, 0.2) is 18.2 Å². The molecule has 1 aliphatic heterocycles. The molecule has 1 saturated heterocycles. The van der Waals surface area contributed by atoms with Crippen LogP contribution in [0, 0.1) is 5.92 Å². The van der Waals surface area contributed by atoms with E-state index in [1.807, 2.05) is 17.0 Å². The van der Waals surface area contributed by atoms with Gasteiger partial charge in [0.1, 0.15) is 0 Å². The van der Waals surface area contributed by atoms with Crippen LogP contribution in [0.25, 0.3) is 0 Å². The van der Waals surface area contributed by atoms with E-state index in [-0.39, 0.29) is 11.7 Å². The predicted octanol–water partition coefficient (Wildman–Crippen LogP) is -0.226. The van der Waals surface area contributed by atoms with E-state index in [2.05, 4.69) is 4.98 Å². The molecule has 2 atom stereocenters. The van der Waals surface area contributed by atoms with Gasteiger partial charge in [-0.3, -0.25) is 4.90 Å². The Labute approximate surface area is 131 Å². The molecule has 0 radical (unpaired) electrons. The van der Waals surface area contributed by atoms with Crippen molar-refractivity contribution in [2.24, 2.45) is 5.92 Å². The summed E-state index contributed by atoms with van der Waals surface area (Å²) in [6.07, 6.45) is -0.639. The second-order valence-corrected chi connectivity index (χ2v) is 7.98. The minimum absolute atomic E-state index is 0.0385. The lowest BCUT2D eigenvalue weighted by Gasteiger charge is -2.18. The lowest BCUT2D eigenvalue weighted by atomic mass is 10.1. The van der Waals surface area contributed by atoms with Crippen molar-refractivity contribution >= 4 is 10.0 Å². The summed E-state index contributed by atoms with van der Waals surface area (Å²) in [6, 6.07) is 5.52. The number of likely N-dealkylation sites (tertiary alicyclic amines) is 1. The van der Waals surface area contributed by atoms with Crippen LogP contribution in [-0.4, -0.2) is 73.9 Å². The van der Waals surface area contributed by atoms with Gasteiger partial charge in [-0.2, -0.15) is 0 Å². The second kappa shape index (κ2) is 6.91. The topological polar surface area (TPSA) is 83.0 Å². The molecular formula is C14H23N3O4S. The molecular weight excluding hydrogens is 306 g/mol. The number of β-amino-alcohol motifs (C(OH)–C–C–N with tert-alkyl or cyclic N) is 1. The van der Waals surface area contributed by atoms with Crippen molar-refractivity contribution in [2.45, 2.75) is 12.6 Å². The summed E-state index contributed by atoms with van der Waals surface area (Å²) in [5.74, 6) is 0.227. The molecule has 8 heteroatoms. The Morgan fingerprint density at radius 3 is 2.77 bits per heavy atom. The molecule has 0 aromatic carbocycles. The van der Waals surface area contributed by atoms with Crippen LogP contribution < -0.4 is 4.74 Å². The molecule has 0 unspecified atom stereocenters. The van der Waals surface area contributed by atoms with Crippen molar-refractivity contribution in [1.29, 1.82) is 0 Å². The molecule has 2 heterocycles. The number of ether oxygens (including phenoxy) is 1. The van der Waals surface area contributed by atoms with Crippen molar-refractivity contribution < 1.29 is 18.3 Å². The Morgan fingerprint density at radius 1 is 1.41 bits per heavy atom. The van der Waals surface area contributed by atoms with Gasteiger partial charge < -0.3 is 9.84 Å². The largest absolute Gasteiger partial charge is 0.481 e. The molecule has 0 saturated carbocycles. The molecule has 7 nitrogen and oxygen atoms in total. The Hall–Kier alpha value is -1.22. The van der Waals surface area contributed by atoms with E-state index in [0.29, 0.717) is 25.5 Å². The Morgan fingerprint density at radius 2 is 2.14 bits per heavy atom. The zero-order chi connectivity index (χ0) is 16.3. The van der Waals surface area contributed by atoms with Gasteiger partial charge in [0.25, 0.3) is 0 Å². The van der Waals surface area contributed by atoms with Gasteiger partial charge in [-0.15, -0.1) is 0 Å². The maximum absolute atomic E-state index is 11.9. The quantitative estimate of drug-likeness (QED) is 0.776. The molecule has 1 aromatic heterocycles. The third-order valence-corrected chi connectivity index (χ3v) is 5.80. The number of methoxy groups -OCH3 is 1. The summed E-state index contributed by atoms with van der Waals surface area (Å²) >= 11 is 0. The normalized spacial score (nSPS) is 23.1. The highest BCUT2D eigenvalue weighted by Crippen LogP contribution is 2.21. The highest BCUT2D eigenvalue weighted by Gasteiger charge is 2.35. The van der Waals surface area contributed by atoms with E-state index in [9.17, 15) is 13.5 Å². The molecule has 124 valence electrons. The van der Waals surface area contributed by atoms with Crippen LogP contribution in [0.5, 0.6) is 5.88 Å². The molecule has 1 N–H and O–H groups in total. The lowest BCUT2D eigenvalue weighted by Crippen LogP contribution is -2.33. The number of hydrogen-bond acceptors (Lipinski definition) is 6. The number of nitrogens with zero attached hydrogens (tertiary/aromatic N) is 3. The van der Waals surface area contributed by atoms with Gasteiger partial charge in [0.15, 0.2) is 0 Å². The van der Waals surface area contributed by atoms with E-state index < -0.39 is 16.1 Å². The summed E-state index contributed by atoms with van der Waals surface area (Å²) in [5.41, 5.74) is 0.836. The van der Waals surface area contributed by atoms with Crippen LogP contribution in [0.1, 0.15) is 5.69 Å². The fraction of sp³-hybridized carbons (Fsp3) is 0.643. The van der Waals surface area contributed by atoms with E-state index in [0.717, 1.165) is 5.69 Å². The first-order valence-corrected chi connectivity index (χ1v) is 8.73. The maximum Gasteiger partial charge on any atom is 0.214 e. The maximum atomic E-state index is 11.9. The SMILES string of the molecule is COc1cccc(CN2C[C@@H](CS(=O)(=O)N(C)C)[C@@H](O)C2)n1. The lowest BCUT2D eigenvalue weighted by molar-refractivity contribution is 0.148. The molecule has 0 spiro atoms. The highest BCUT2D eigenvalue weighted by atomic mass is 32.2. The number of pyridine rings is 1. The molecule has 2 rings (SSSR count). The van der Waals surface area contributed by atoms with E-state index in [4.69, 9.17) is 4.74 Å². The molecule has 0 bridgehead atoms. The summed E-state index contributed by atoms with van der Waals surface area (Å²) in [4.78, 5) is 6.35. The molecule has 0 amide bonds. The third kappa shape index (κ3) is 4.16. The predicted molar refractivity (Wildman–Crippen MR) is 83.0 cm³/mol. The first kappa shape index (κ1) is 17.1. The average molecular weight is 329 g/mol. The van der Waals surface area contributed by atoms with Crippen LogP contribution in [0.3, 0.4) is 0 Å². The van der Waals surface area contributed by atoms with Crippen LogP contribution in [-0.2, 0) is 16.6 Å². The van der Waals surface area contributed by atoms with Crippen molar-refractivity contribution in [3.63, 3.8) is 0 Å². The summed E-state index contributed by atoms with van der Waals surface area (Å²) < 4.78 is 30.2. The van der Waals surface area contributed by atoms with Gasteiger partial charge >= 0.3 is 0 Å². The van der Waals surface area contributed by atoms with Gasteiger partial charge in [-0.1, -0.05) is 6.07 Å². The Balaban J connectivity index is 1.98. The van der Waals surface area contributed by atoms with E-state index >= 15 is 0 Å². The summed E-state index contributed by atoms with van der Waals surface area (Å²) in [6.45, 7) is 1.55. The molecule has 1 aliphatic rings. The van der Waals surface area contributed by atoms with E-state index in [1.54, 1.807) is 13.2 Å². The average Bonchev–Trinajstić information content (AvgIpc) is 2.78. The molecule has 1 aromatic rings. The van der Waals surface area contributed by atoms with Crippen molar-refractivity contribution in [3.05, 3.63) is 23.9 Å². The highest BCUT2D eigenvalue weighted by molar-refractivity contribution is 7.89.